The van der Waals surface area contributed by atoms with Crippen molar-refractivity contribution in [1.29, 1.82) is 0 Å². The van der Waals surface area contributed by atoms with E-state index in [0.717, 1.165) is 11.4 Å². The van der Waals surface area contributed by atoms with E-state index in [-0.39, 0.29) is 5.91 Å². The van der Waals surface area contributed by atoms with Crippen LogP contribution in [0.15, 0.2) is 53.7 Å². The average molecular weight is 407 g/mol. The molecule has 0 aliphatic rings. The van der Waals surface area contributed by atoms with Crippen LogP contribution in [0.2, 0.25) is 10.0 Å². The van der Waals surface area contributed by atoms with Gasteiger partial charge in [-0.1, -0.05) is 65.3 Å². The fraction of sp³-hybridized carbons (Fsp3) is 0.167. The van der Waals surface area contributed by atoms with E-state index in [1.165, 1.54) is 11.8 Å². The molecule has 3 rings (SSSR count). The molecule has 134 valence electrons. The summed E-state index contributed by atoms with van der Waals surface area (Å²) in [5.74, 6) is 0.585. The summed E-state index contributed by atoms with van der Waals surface area (Å²) in [7, 11) is 1.87. The fourth-order valence-electron chi connectivity index (χ4n) is 2.33. The molecule has 0 fully saturated rings. The molecule has 26 heavy (non-hydrogen) atoms. The van der Waals surface area contributed by atoms with Crippen molar-refractivity contribution >= 4 is 46.6 Å². The summed E-state index contributed by atoms with van der Waals surface area (Å²) in [6, 6.07) is 14.4. The number of nitrogens with zero attached hydrogens (tertiary/aromatic N) is 3. The first-order chi connectivity index (χ1) is 12.4. The topological polar surface area (TPSA) is 59.8 Å². The normalized spacial score (nSPS) is 12.0. The number of hydrogen-bond acceptors (Lipinski definition) is 4. The van der Waals surface area contributed by atoms with Crippen molar-refractivity contribution in [2.24, 2.45) is 7.05 Å². The van der Waals surface area contributed by atoms with Gasteiger partial charge in [0.1, 0.15) is 11.1 Å². The van der Waals surface area contributed by atoms with Gasteiger partial charge in [0.15, 0.2) is 5.16 Å². The zero-order chi connectivity index (χ0) is 18.7. The predicted octanol–water partition coefficient (Wildman–Crippen LogP) is 4.90. The molecule has 1 aromatic heterocycles. The molecule has 0 bridgehead atoms. The minimum Gasteiger partial charge on any atom is -0.325 e. The summed E-state index contributed by atoms with van der Waals surface area (Å²) in [6.07, 6.45) is 0. The Morgan fingerprint density at radius 2 is 1.77 bits per heavy atom. The molecule has 8 heteroatoms. The highest BCUT2D eigenvalue weighted by molar-refractivity contribution is 8.00. The first-order valence-corrected chi connectivity index (χ1v) is 9.42. The Hall–Kier alpha value is -2.02. The number of carbonyl (C=O) groups is 1. The molecule has 1 heterocycles. The van der Waals surface area contributed by atoms with E-state index in [1.54, 1.807) is 18.2 Å². The number of amides is 1. The van der Waals surface area contributed by atoms with Crippen molar-refractivity contribution in [1.82, 2.24) is 14.8 Å². The molecule has 0 radical (unpaired) electrons. The molecule has 0 aliphatic heterocycles. The second-order valence-corrected chi connectivity index (χ2v) is 7.59. The lowest BCUT2D eigenvalue weighted by atomic mass is 10.1. The Labute approximate surface area is 165 Å². The molecule has 1 N–H and O–H groups in total. The van der Waals surface area contributed by atoms with Gasteiger partial charge in [0.25, 0.3) is 0 Å². The maximum atomic E-state index is 13.0. The molecule has 2 aromatic carbocycles. The third kappa shape index (κ3) is 4.38. The lowest BCUT2D eigenvalue weighted by Gasteiger charge is -2.17. The molecule has 1 atom stereocenters. The van der Waals surface area contributed by atoms with Crippen molar-refractivity contribution < 1.29 is 4.79 Å². The van der Waals surface area contributed by atoms with Crippen molar-refractivity contribution in [3.8, 4) is 0 Å². The number of anilines is 1. The van der Waals surface area contributed by atoms with Gasteiger partial charge >= 0.3 is 0 Å². The molecule has 0 aliphatic carbocycles. The van der Waals surface area contributed by atoms with Crippen LogP contribution in [-0.4, -0.2) is 20.7 Å². The molecule has 0 saturated heterocycles. The summed E-state index contributed by atoms with van der Waals surface area (Å²) in [5, 5.41) is 12.2. The smallest absolute Gasteiger partial charge is 0.242 e. The number of carbonyl (C=O) groups excluding carboxylic acids is 1. The van der Waals surface area contributed by atoms with Crippen LogP contribution in [0, 0.1) is 6.92 Å². The van der Waals surface area contributed by atoms with E-state index < -0.39 is 5.25 Å². The lowest BCUT2D eigenvalue weighted by Crippen LogP contribution is -2.19. The average Bonchev–Trinajstić information content (AvgIpc) is 2.91. The maximum absolute atomic E-state index is 13.0. The van der Waals surface area contributed by atoms with Gasteiger partial charge in [-0.2, -0.15) is 0 Å². The summed E-state index contributed by atoms with van der Waals surface area (Å²) in [6.45, 7) is 1.86. The van der Waals surface area contributed by atoms with E-state index in [4.69, 9.17) is 23.2 Å². The number of benzene rings is 2. The first-order valence-electron chi connectivity index (χ1n) is 7.78. The van der Waals surface area contributed by atoms with Crippen LogP contribution in [0.1, 0.15) is 16.6 Å². The highest BCUT2D eigenvalue weighted by Crippen LogP contribution is 2.35. The number of hydrogen-bond donors (Lipinski definition) is 1. The van der Waals surface area contributed by atoms with Crippen molar-refractivity contribution in [3.63, 3.8) is 0 Å². The zero-order valence-corrected chi connectivity index (χ0v) is 16.4. The zero-order valence-electron chi connectivity index (χ0n) is 14.1. The predicted molar refractivity (Wildman–Crippen MR) is 106 cm³/mol. The summed E-state index contributed by atoms with van der Waals surface area (Å²) >= 11 is 13.4. The van der Waals surface area contributed by atoms with Crippen LogP contribution >= 0.6 is 35.0 Å². The highest BCUT2D eigenvalue weighted by Gasteiger charge is 2.25. The third-order valence-corrected chi connectivity index (χ3v) is 5.47. The van der Waals surface area contributed by atoms with Gasteiger partial charge in [-0.05, 0) is 30.7 Å². The number of halogens is 2. The summed E-state index contributed by atoms with van der Waals surface area (Å²) in [5.41, 5.74) is 1.41. The number of thioether (sulfide) groups is 1. The second kappa shape index (κ2) is 8.12. The van der Waals surface area contributed by atoms with Gasteiger partial charge in [-0.3, -0.25) is 4.79 Å². The molecule has 1 amide bonds. The molecular weight excluding hydrogens is 391 g/mol. The second-order valence-electron chi connectivity index (χ2n) is 5.64. The number of aryl methyl sites for hydroxylation is 1. The molecule has 0 unspecified atom stereocenters. The van der Waals surface area contributed by atoms with Crippen LogP contribution in [-0.2, 0) is 11.8 Å². The Kier molecular flexibility index (Phi) is 5.86. The standard InChI is InChI=1S/C18H16Cl2N4OS/c1-11-22-23-18(24(11)2)26-16(12-6-4-3-5-7-12)17(25)21-15-9-13(19)8-14(20)10-15/h3-10,16H,1-2H3,(H,21,25)/t16-/m0/s1. The Morgan fingerprint density at radius 3 is 2.35 bits per heavy atom. The van der Waals surface area contributed by atoms with Gasteiger partial charge in [0.2, 0.25) is 5.91 Å². The highest BCUT2D eigenvalue weighted by atomic mass is 35.5. The Bertz CT molecular complexity index is 910. The van der Waals surface area contributed by atoms with Crippen LogP contribution in [0.25, 0.3) is 0 Å². The Morgan fingerprint density at radius 1 is 1.12 bits per heavy atom. The van der Waals surface area contributed by atoms with Gasteiger partial charge in [-0.25, -0.2) is 0 Å². The van der Waals surface area contributed by atoms with E-state index in [0.29, 0.717) is 20.9 Å². The maximum Gasteiger partial charge on any atom is 0.242 e. The van der Waals surface area contributed by atoms with E-state index >= 15 is 0 Å². The SMILES string of the molecule is Cc1nnc(S[C@H](C(=O)Nc2cc(Cl)cc(Cl)c2)c2ccccc2)n1C. The van der Waals surface area contributed by atoms with Crippen molar-refractivity contribution in [3.05, 3.63) is 70.0 Å². The van der Waals surface area contributed by atoms with Crippen LogP contribution in [0.5, 0.6) is 0 Å². The van der Waals surface area contributed by atoms with Crippen molar-refractivity contribution in [2.75, 3.05) is 5.32 Å². The van der Waals surface area contributed by atoms with Gasteiger partial charge < -0.3 is 9.88 Å². The van der Waals surface area contributed by atoms with Gasteiger partial charge in [-0.15, -0.1) is 10.2 Å². The third-order valence-electron chi connectivity index (χ3n) is 3.75. The van der Waals surface area contributed by atoms with E-state index in [1.807, 2.05) is 48.9 Å². The minimum absolute atomic E-state index is 0.194. The van der Waals surface area contributed by atoms with Crippen LogP contribution in [0.4, 0.5) is 5.69 Å². The number of nitrogens with one attached hydrogen (secondary N) is 1. The monoisotopic (exact) mass is 406 g/mol. The van der Waals surface area contributed by atoms with Crippen LogP contribution in [0.3, 0.4) is 0 Å². The minimum atomic E-state index is -0.503. The lowest BCUT2D eigenvalue weighted by molar-refractivity contribution is -0.115. The molecule has 0 spiro atoms. The Balaban J connectivity index is 1.89. The van der Waals surface area contributed by atoms with E-state index in [2.05, 4.69) is 15.5 Å². The summed E-state index contributed by atoms with van der Waals surface area (Å²) in [4.78, 5) is 13.0. The fourth-order valence-corrected chi connectivity index (χ4v) is 3.90. The van der Waals surface area contributed by atoms with Gasteiger partial charge in [0.05, 0.1) is 0 Å². The summed E-state index contributed by atoms with van der Waals surface area (Å²) < 4.78 is 1.85. The number of rotatable bonds is 5. The quantitative estimate of drug-likeness (QED) is 0.611. The van der Waals surface area contributed by atoms with E-state index in [9.17, 15) is 4.79 Å². The van der Waals surface area contributed by atoms with Crippen molar-refractivity contribution in [2.45, 2.75) is 17.3 Å². The molecule has 0 saturated carbocycles. The number of aromatic nitrogens is 3. The van der Waals surface area contributed by atoms with Crippen LogP contribution < -0.4 is 5.32 Å². The molecule has 5 nitrogen and oxygen atoms in total. The largest absolute Gasteiger partial charge is 0.325 e. The molecular formula is C18H16Cl2N4OS. The van der Waals surface area contributed by atoms with Gasteiger partial charge in [0, 0.05) is 22.8 Å². The molecule has 3 aromatic rings. The first kappa shape index (κ1) is 18.8.